The number of hydrogen-bond acceptors (Lipinski definition) is 6. The zero-order valence-corrected chi connectivity index (χ0v) is 15.6. The summed E-state index contributed by atoms with van der Waals surface area (Å²) in [5, 5.41) is 11.4. The fourth-order valence-corrected chi connectivity index (χ4v) is 3.85. The van der Waals surface area contributed by atoms with Gasteiger partial charge in [0.25, 0.3) is 0 Å². The Kier molecular flexibility index (Phi) is 3.45. The van der Waals surface area contributed by atoms with E-state index < -0.39 is 0 Å². The lowest BCUT2D eigenvalue weighted by Crippen LogP contribution is -2.56. The van der Waals surface area contributed by atoms with E-state index in [1.54, 1.807) is 0 Å². The van der Waals surface area contributed by atoms with Crippen molar-refractivity contribution < 1.29 is 0 Å². The normalized spacial score (nSPS) is 22.3. The van der Waals surface area contributed by atoms with Crippen LogP contribution in [-0.2, 0) is 0 Å². The molecule has 0 aliphatic heterocycles. The number of aromatic nitrogens is 6. The number of aryl methyl sites for hydroxylation is 1. The number of rotatable bonds is 4. The predicted octanol–water partition coefficient (Wildman–Crippen LogP) is 2.30. The van der Waals surface area contributed by atoms with Crippen molar-refractivity contribution >= 4 is 17.2 Å². The maximum atomic E-state index is 4.62. The van der Waals surface area contributed by atoms with Crippen LogP contribution >= 0.6 is 0 Å². The van der Waals surface area contributed by atoms with Gasteiger partial charge in [-0.05, 0) is 39.8 Å². The number of anilines is 1. The van der Waals surface area contributed by atoms with E-state index in [4.69, 9.17) is 0 Å². The van der Waals surface area contributed by atoms with Crippen LogP contribution in [0.5, 0.6) is 0 Å². The van der Waals surface area contributed by atoms with Crippen molar-refractivity contribution in [1.29, 1.82) is 0 Å². The lowest BCUT2D eigenvalue weighted by molar-refractivity contribution is 0.201. The molecule has 4 aromatic heterocycles. The highest BCUT2D eigenvalue weighted by atomic mass is 15.3. The first-order chi connectivity index (χ1) is 13.0. The first-order valence-corrected chi connectivity index (χ1v) is 9.15. The summed E-state index contributed by atoms with van der Waals surface area (Å²) >= 11 is 0. The minimum atomic E-state index is 0.222. The Morgan fingerprint density at radius 1 is 1.15 bits per heavy atom. The summed E-state index contributed by atoms with van der Waals surface area (Å²) in [6.07, 6.45) is 11.7. The van der Waals surface area contributed by atoms with Gasteiger partial charge in [0, 0.05) is 47.0 Å². The SMILES string of the molecule is CNC1(C)CC(Nc2ncc3c(-c4cnc5ncc(C)n5c4)ccn3n2)C1. The van der Waals surface area contributed by atoms with E-state index >= 15 is 0 Å². The maximum absolute atomic E-state index is 4.62. The molecule has 5 rings (SSSR count). The van der Waals surface area contributed by atoms with Crippen LogP contribution in [-0.4, -0.2) is 47.6 Å². The quantitative estimate of drug-likeness (QED) is 0.579. The fourth-order valence-electron chi connectivity index (χ4n) is 3.85. The highest BCUT2D eigenvalue weighted by Crippen LogP contribution is 2.33. The first-order valence-electron chi connectivity index (χ1n) is 9.15. The van der Waals surface area contributed by atoms with Crippen LogP contribution in [0.15, 0.2) is 37.1 Å². The second-order valence-electron chi connectivity index (χ2n) is 7.61. The van der Waals surface area contributed by atoms with E-state index in [-0.39, 0.29) is 5.54 Å². The minimum Gasteiger partial charge on any atom is -0.350 e. The Bertz CT molecular complexity index is 1140. The largest absolute Gasteiger partial charge is 0.350 e. The van der Waals surface area contributed by atoms with Gasteiger partial charge in [-0.1, -0.05) is 0 Å². The molecule has 1 saturated carbocycles. The third-order valence-electron chi connectivity index (χ3n) is 5.61. The van der Waals surface area contributed by atoms with Crippen molar-refractivity contribution in [2.24, 2.45) is 0 Å². The number of hydrogen-bond donors (Lipinski definition) is 2. The molecule has 0 unspecified atom stereocenters. The Labute approximate surface area is 156 Å². The van der Waals surface area contributed by atoms with Gasteiger partial charge in [-0.25, -0.2) is 19.5 Å². The summed E-state index contributed by atoms with van der Waals surface area (Å²) in [7, 11) is 2.01. The number of fused-ring (bicyclic) bond motifs is 2. The fraction of sp³-hybridized carbons (Fsp3) is 0.368. The average molecular weight is 362 g/mol. The van der Waals surface area contributed by atoms with Crippen molar-refractivity contribution in [3.63, 3.8) is 0 Å². The van der Waals surface area contributed by atoms with Crippen molar-refractivity contribution in [1.82, 2.24) is 34.3 Å². The molecule has 138 valence electrons. The number of nitrogens with one attached hydrogen (secondary N) is 2. The molecule has 0 spiro atoms. The summed E-state index contributed by atoms with van der Waals surface area (Å²) in [5.74, 6) is 1.36. The van der Waals surface area contributed by atoms with E-state index in [1.807, 2.05) is 53.7 Å². The van der Waals surface area contributed by atoms with E-state index in [1.165, 1.54) is 0 Å². The van der Waals surface area contributed by atoms with Gasteiger partial charge in [0.15, 0.2) is 0 Å². The molecule has 0 atom stereocenters. The third kappa shape index (κ3) is 2.64. The average Bonchev–Trinajstić information content (AvgIpc) is 3.23. The minimum absolute atomic E-state index is 0.222. The second-order valence-corrected chi connectivity index (χ2v) is 7.61. The van der Waals surface area contributed by atoms with Crippen LogP contribution in [0.25, 0.3) is 22.4 Å². The molecule has 8 heteroatoms. The number of imidazole rings is 1. The molecule has 0 bridgehead atoms. The zero-order valence-electron chi connectivity index (χ0n) is 15.6. The van der Waals surface area contributed by atoms with Gasteiger partial charge in [0.05, 0.1) is 17.9 Å². The molecule has 0 amide bonds. The molecular formula is C19H22N8. The topological polar surface area (TPSA) is 84.4 Å². The van der Waals surface area contributed by atoms with Gasteiger partial charge in [0.1, 0.15) is 0 Å². The van der Waals surface area contributed by atoms with Gasteiger partial charge < -0.3 is 10.6 Å². The summed E-state index contributed by atoms with van der Waals surface area (Å²) < 4.78 is 3.86. The van der Waals surface area contributed by atoms with Gasteiger partial charge in [-0.3, -0.25) is 4.40 Å². The molecule has 2 N–H and O–H groups in total. The third-order valence-corrected chi connectivity index (χ3v) is 5.61. The van der Waals surface area contributed by atoms with Crippen molar-refractivity contribution in [2.45, 2.75) is 38.3 Å². The van der Waals surface area contributed by atoms with Crippen LogP contribution in [0.1, 0.15) is 25.5 Å². The van der Waals surface area contributed by atoms with Crippen molar-refractivity contribution in [2.75, 3.05) is 12.4 Å². The van der Waals surface area contributed by atoms with E-state index in [2.05, 4.69) is 43.8 Å². The van der Waals surface area contributed by atoms with Crippen LogP contribution in [0.4, 0.5) is 5.95 Å². The van der Waals surface area contributed by atoms with Gasteiger partial charge in [-0.15, -0.1) is 5.10 Å². The van der Waals surface area contributed by atoms with E-state index in [0.29, 0.717) is 17.8 Å². The molecule has 1 fully saturated rings. The van der Waals surface area contributed by atoms with Crippen molar-refractivity contribution in [3.05, 3.63) is 42.7 Å². The standard InChI is InChI=1S/C19H22N8/c1-12-8-22-18-23-9-13(11-26(12)18)15-4-5-27-16(15)10-21-17(25-27)24-14-6-19(2,7-14)20-3/h4-5,8-11,14,20H,6-7H2,1-3H3,(H,24,25). The summed E-state index contributed by atoms with van der Waals surface area (Å²) in [5.41, 5.74) is 4.29. The lowest BCUT2D eigenvalue weighted by Gasteiger charge is -2.45. The molecule has 8 nitrogen and oxygen atoms in total. The summed E-state index contributed by atoms with van der Waals surface area (Å²) in [6.45, 7) is 4.25. The molecule has 0 aromatic carbocycles. The Morgan fingerprint density at radius 2 is 1.96 bits per heavy atom. The summed E-state index contributed by atoms with van der Waals surface area (Å²) in [6, 6.07) is 2.45. The molecule has 1 aliphatic rings. The molecule has 1 aliphatic carbocycles. The zero-order chi connectivity index (χ0) is 18.6. The van der Waals surface area contributed by atoms with Gasteiger partial charge in [-0.2, -0.15) is 0 Å². The van der Waals surface area contributed by atoms with Crippen LogP contribution in [0.3, 0.4) is 0 Å². The number of nitrogens with zero attached hydrogens (tertiary/aromatic N) is 6. The van der Waals surface area contributed by atoms with Crippen molar-refractivity contribution in [3.8, 4) is 11.1 Å². The first kappa shape index (κ1) is 16.2. The van der Waals surface area contributed by atoms with Crippen LogP contribution in [0, 0.1) is 6.92 Å². The summed E-state index contributed by atoms with van der Waals surface area (Å²) in [4.78, 5) is 13.3. The van der Waals surface area contributed by atoms with Crippen LogP contribution in [0.2, 0.25) is 0 Å². The Hall–Kier alpha value is -3.00. The molecule has 0 radical (unpaired) electrons. The van der Waals surface area contributed by atoms with Gasteiger partial charge in [0.2, 0.25) is 11.7 Å². The molecule has 4 heterocycles. The molecule has 4 aromatic rings. The highest BCUT2D eigenvalue weighted by Gasteiger charge is 2.39. The predicted molar refractivity (Wildman–Crippen MR) is 104 cm³/mol. The van der Waals surface area contributed by atoms with Crippen LogP contribution < -0.4 is 10.6 Å². The lowest BCUT2D eigenvalue weighted by atomic mass is 9.74. The van der Waals surface area contributed by atoms with E-state index in [0.717, 1.165) is 35.2 Å². The monoisotopic (exact) mass is 362 g/mol. The highest BCUT2D eigenvalue weighted by molar-refractivity contribution is 5.79. The van der Waals surface area contributed by atoms with E-state index in [9.17, 15) is 0 Å². The second kappa shape index (κ2) is 5.75. The maximum Gasteiger partial charge on any atom is 0.241 e. The molecular weight excluding hydrogens is 340 g/mol. The smallest absolute Gasteiger partial charge is 0.241 e. The molecule has 27 heavy (non-hydrogen) atoms. The Balaban J connectivity index is 1.44. The molecule has 0 saturated heterocycles. The Morgan fingerprint density at radius 3 is 2.78 bits per heavy atom. The van der Waals surface area contributed by atoms with Gasteiger partial charge >= 0.3 is 0 Å².